The van der Waals surface area contributed by atoms with E-state index in [9.17, 15) is 9.59 Å². The van der Waals surface area contributed by atoms with E-state index >= 15 is 0 Å². The van der Waals surface area contributed by atoms with E-state index in [4.69, 9.17) is 27.9 Å². The first-order chi connectivity index (χ1) is 14.8. The summed E-state index contributed by atoms with van der Waals surface area (Å²) in [6.07, 6.45) is 0.625. The molecule has 0 heterocycles. The predicted octanol–water partition coefficient (Wildman–Crippen LogP) is 5.12. The second-order valence-electron chi connectivity index (χ2n) is 7.81. The molecule has 0 spiro atoms. The van der Waals surface area contributed by atoms with Gasteiger partial charge in [0.15, 0.2) is 0 Å². The van der Waals surface area contributed by atoms with E-state index < -0.39 is 6.04 Å². The maximum Gasteiger partial charge on any atom is 0.242 e. The Kier molecular flexibility index (Phi) is 9.66. The number of ether oxygens (including phenoxy) is 1. The number of nitrogens with one attached hydrogen (secondary N) is 1. The van der Waals surface area contributed by atoms with Gasteiger partial charge in [0, 0.05) is 28.7 Å². The van der Waals surface area contributed by atoms with Gasteiger partial charge >= 0.3 is 0 Å². The number of carbonyl (C=O) groups is 2. The molecule has 0 fully saturated rings. The second kappa shape index (κ2) is 12.0. The Bertz CT molecular complexity index is 865. The number of rotatable bonds is 10. The molecule has 0 saturated heterocycles. The smallest absolute Gasteiger partial charge is 0.242 e. The van der Waals surface area contributed by atoms with E-state index in [0.29, 0.717) is 34.5 Å². The van der Waals surface area contributed by atoms with Crippen LogP contribution in [0.4, 0.5) is 0 Å². The fourth-order valence-corrected chi connectivity index (χ4v) is 3.73. The minimum absolute atomic E-state index is 0.153. The van der Waals surface area contributed by atoms with Gasteiger partial charge < -0.3 is 15.0 Å². The molecule has 5 nitrogen and oxygen atoms in total. The molecule has 0 aliphatic heterocycles. The number of methoxy groups -OCH3 is 1. The number of carbonyl (C=O) groups excluding carboxylic acids is 2. The van der Waals surface area contributed by atoms with Gasteiger partial charge in [-0.3, -0.25) is 9.59 Å². The zero-order valence-corrected chi connectivity index (χ0v) is 20.0. The number of benzene rings is 2. The molecule has 0 bridgehead atoms. The Morgan fingerprint density at radius 3 is 2.19 bits per heavy atom. The summed E-state index contributed by atoms with van der Waals surface area (Å²) in [6.45, 7) is 6.64. The average molecular weight is 465 g/mol. The average Bonchev–Trinajstić information content (AvgIpc) is 2.74. The highest BCUT2D eigenvalue weighted by molar-refractivity contribution is 6.36. The third-order valence-electron chi connectivity index (χ3n) is 4.98. The molecule has 0 aromatic heterocycles. The first-order valence-electron chi connectivity index (χ1n) is 10.4. The largest absolute Gasteiger partial charge is 0.497 e. The molecule has 168 valence electrons. The van der Waals surface area contributed by atoms with Gasteiger partial charge in [-0.15, -0.1) is 0 Å². The van der Waals surface area contributed by atoms with Crippen LogP contribution in [0.2, 0.25) is 10.0 Å². The van der Waals surface area contributed by atoms with Gasteiger partial charge in [0.05, 0.1) is 13.5 Å². The van der Waals surface area contributed by atoms with Crippen molar-refractivity contribution in [1.82, 2.24) is 10.2 Å². The monoisotopic (exact) mass is 464 g/mol. The van der Waals surface area contributed by atoms with Gasteiger partial charge in [-0.25, -0.2) is 0 Å². The van der Waals surface area contributed by atoms with Crippen molar-refractivity contribution >= 4 is 35.0 Å². The molecule has 0 saturated carbocycles. The quantitative estimate of drug-likeness (QED) is 0.530. The number of hydrogen-bond acceptors (Lipinski definition) is 3. The van der Waals surface area contributed by atoms with E-state index in [0.717, 1.165) is 11.3 Å². The molecule has 0 unspecified atom stereocenters. The second-order valence-corrected chi connectivity index (χ2v) is 8.62. The van der Waals surface area contributed by atoms with Gasteiger partial charge in [-0.05, 0) is 42.2 Å². The SMILES string of the molecule is CC[C@H](C(=O)NCC(C)C)N(Cc1c(Cl)cccc1Cl)C(=O)Cc1ccc(OC)cc1. The van der Waals surface area contributed by atoms with Crippen LogP contribution in [0.5, 0.6) is 5.75 Å². The van der Waals surface area contributed by atoms with E-state index in [1.807, 2.05) is 45.0 Å². The fraction of sp³-hybridized carbons (Fsp3) is 0.417. The summed E-state index contributed by atoms with van der Waals surface area (Å²) in [7, 11) is 1.59. The van der Waals surface area contributed by atoms with Crippen molar-refractivity contribution in [2.75, 3.05) is 13.7 Å². The molecule has 2 rings (SSSR count). The van der Waals surface area contributed by atoms with Crippen LogP contribution in [-0.2, 0) is 22.6 Å². The molecule has 2 aromatic carbocycles. The summed E-state index contributed by atoms with van der Waals surface area (Å²) in [6, 6.07) is 11.9. The highest BCUT2D eigenvalue weighted by Gasteiger charge is 2.29. The lowest BCUT2D eigenvalue weighted by Crippen LogP contribution is -2.50. The fourth-order valence-electron chi connectivity index (χ4n) is 3.22. The van der Waals surface area contributed by atoms with Crippen molar-refractivity contribution in [3.63, 3.8) is 0 Å². The lowest BCUT2D eigenvalue weighted by molar-refractivity contribution is -0.141. The van der Waals surface area contributed by atoms with Crippen LogP contribution >= 0.6 is 23.2 Å². The van der Waals surface area contributed by atoms with Crippen molar-refractivity contribution in [3.8, 4) is 5.75 Å². The molecular weight excluding hydrogens is 435 g/mol. The Hall–Kier alpha value is -2.24. The minimum Gasteiger partial charge on any atom is -0.497 e. The third-order valence-corrected chi connectivity index (χ3v) is 5.68. The standard InChI is InChI=1S/C24H30Cl2N2O3/c1-5-22(24(30)27-14-16(2)3)28(15-19-20(25)7-6-8-21(19)26)23(29)13-17-9-11-18(31-4)12-10-17/h6-12,16,22H,5,13-15H2,1-4H3,(H,27,30)/t22-/m1/s1. The maximum absolute atomic E-state index is 13.4. The zero-order chi connectivity index (χ0) is 23.0. The number of amides is 2. The van der Waals surface area contributed by atoms with Crippen LogP contribution in [0.25, 0.3) is 0 Å². The summed E-state index contributed by atoms with van der Waals surface area (Å²) in [5.41, 5.74) is 1.46. The summed E-state index contributed by atoms with van der Waals surface area (Å²) >= 11 is 12.7. The van der Waals surface area contributed by atoms with E-state index in [2.05, 4.69) is 5.32 Å². The Balaban J connectivity index is 2.32. The molecule has 0 radical (unpaired) electrons. The lowest BCUT2D eigenvalue weighted by Gasteiger charge is -2.31. The van der Waals surface area contributed by atoms with Crippen molar-refractivity contribution < 1.29 is 14.3 Å². The molecule has 0 aliphatic rings. The van der Waals surface area contributed by atoms with Crippen molar-refractivity contribution in [2.45, 2.75) is 46.2 Å². The maximum atomic E-state index is 13.4. The van der Waals surface area contributed by atoms with Crippen LogP contribution in [-0.4, -0.2) is 36.4 Å². The van der Waals surface area contributed by atoms with E-state index in [1.165, 1.54) is 0 Å². The number of nitrogens with zero attached hydrogens (tertiary/aromatic N) is 1. The molecule has 2 amide bonds. The normalized spacial score (nSPS) is 11.8. The summed E-state index contributed by atoms with van der Waals surface area (Å²) in [5.74, 6) is 0.675. The first kappa shape index (κ1) is 25.0. The van der Waals surface area contributed by atoms with Crippen LogP contribution < -0.4 is 10.1 Å². The third kappa shape index (κ3) is 7.15. The molecule has 2 aromatic rings. The van der Waals surface area contributed by atoms with Crippen molar-refractivity contribution in [2.24, 2.45) is 5.92 Å². The van der Waals surface area contributed by atoms with Gasteiger partial charge in [0.25, 0.3) is 0 Å². The van der Waals surface area contributed by atoms with Crippen LogP contribution in [0, 0.1) is 5.92 Å². The van der Waals surface area contributed by atoms with Crippen LogP contribution in [0.15, 0.2) is 42.5 Å². The molecule has 31 heavy (non-hydrogen) atoms. The van der Waals surface area contributed by atoms with E-state index in [-0.39, 0.29) is 24.8 Å². The van der Waals surface area contributed by atoms with Crippen molar-refractivity contribution in [3.05, 3.63) is 63.6 Å². The molecule has 1 N–H and O–H groups in total. The minimum atomic E-state index is -0.628. The van der Waals surface area contributed by atoms with E-state index in [1.54, 1.807) is 30.2 Å². The lowest BCUT2D eigenvalue weighted by atomic mass is 10.1. The van der Waals surface area contributed by atoms with Gasteiger partial charge in [-0.1, -0.05) is 62.2 Å². The first-order valence-corrected chi connectivity index (χ1v) is 11.1. The molecular formula is C24H30Cl2N2O3. The Morgan fingerprint density at radius 1 is 1.06 bits per heavy atom. The highest BCUT2D eigenvalue weighted by atomic mass is 35.5. The van der Waals surface area contributed by atoms with Crippen molar-refractivity contribution in [1.29, 1.82) is 0 Å². The topological polar surface area (TPSA) is 58.6 Å². The Labute approximate surface area is 194 Å². The predicted molar refractivity (Wildman–Crippen MR) is 126 cm³/mol. The summed E-state index contributed by atoms with van der Waals surface area (Å²) in [4.78, 5) is 27.9. The molecule has 7 heteroatoms. The highest BCUT2D eigenvalue weighted by Crippen LogP contribution is 2.27. The van der Waals surface area contributed by atoms with Gasteiger partial charge in [0.2, 0.25) is 11.8 Å². The summed E-state index contributed by atoms with van der Waals surface area (Å²) in [5, 5.41) is 3.88. The van der Waals surface area contributed by atoms with Gasteiger partial charge in [0.1, 0.15) is 11.8 Å². The van der Waals surface area contributed by atoms with Crippen LogP contribution in [0.1, 0.15) is 38.3 Å². The van der Waals surface area contributed by atoms with Crippen LogP contribution in [0.3, 0.4) is 0 Å². The molecule has 0 aliphatic carbocycles. The Morgan fingerprint density at radius 2 is 1.68 bits per heavy atom. The van der Waals surface area contributed by atoms with Gasteiger partial charge in [-0.2, -0.15) is 0 Å². The number of hydrogen-bond donors (Lipinski definition) is 1. The summed E-state index contributed by atoms with van der Waals surface area (Å²) < 4.78 is 5.18. The molecule has 1 atom stereocenters. The number of halogens is 2. The zero-order valence-electron chi connectivity index (χ0n) is 18.5.